The summed E-state index contributed by atoms with van der Waals surface area (Å²) in [6.07, 6.45) is -1.11. The summed E-state index contributed by atoms with van der Waals surface area (Å²) >= 11 is 0. The van der Waals surface area contributed by atoms with E-state index in [0.717, 1.165) is 5.56 Å². The Morgan fingerprint density at radius 2 is 1.97 bits per heavy atom. The molecule has 2 aromatic carbocycles. The molecule has 1 aliphatic heterocycles. The highest BCUT2D eigenvalue weighted by Gasteiger charge is 2.32. The molecule has 1 atom stereocenters. The van der Waals surface area contributed by atoms with Gasteiger partial charge in [0.05, 0.1) is 25.3 Å². The average Bonchev–Trinajstić information content (AvgIpc) is 3.35. The number of nitrogens with zero attached hydrogens (tertiary/aromatic N) is 4. The highest BCUT2D eigenvalue weighted by molar-refractivity contribution is 5.95. The van der Waals surface area contributed by atoms with Crippen molar-refractivity contribution in [1.82, 2.24) is 20.3 Å². The van der Waals surface area contributed by atoms with Gasteiger partial charge < -0.3 is 21.5 Å². The van der Waals surface area contributed by atoms with E-state index in [1.165, 1.54) is 22.6 Å². The molecule has 1 saturated heterocycles. The summed E-state index contributed by atoms with van der Waals surface area (Å²) in [7, 11) is 0. The number of hydrogen-bond donors (Lipinski definition) is 3. The van der Waals surface area contributed by atoms with E-state index in [1.54, 1.807) is 36.4 Å². The van der Waals surface area contributed by atoms with Crippen LogP contribution in [-0.4, -0.2) is 52.1 Å². The molecule has 2 heterocycles. The van der Waals surface area contributed by atoms with Crippen LogP contribution >= 0.6 is 0 Å². The molecular formula is C22H22FN7O4. The Balaban J connectivity index is 1.46. The Morgan fingerprint density at radius 3 is 2.59 bits per heavy atom. The van der Waals surface area contributed by atoms with Crippen molar-refractivity contribution in [2.75, 3.05) is 23.7 Å². The van der Waals surface area contributed by atoms with Gasteiger partial charge in [-0.25, -0.2) is 13.9 Å². The van der Waals surface area contributed by atoms with Crippen LogP contribution in [0.2, 0.25) is 0 Å². The summed E-state index contributed by atoms with van der Waals surface area (Å²) in [6.45, 7) is 2.02. The van der Waals surface area contributed by atoms with Crippen LogP contribution < -0.4 is 21.7 Å². The highest BCUT2D eigenvalue weighted by atomic mass is 19.1. The number of hydrogen-bond acceptors (Lipinski definition) is 7. The Morgan fingerprint density at radius 1 is 1.24 bits per heavy atom. The number of cyclic esters (lactones) is 1. The number of nitrogens with one attached hydrogen (secondary N) is 1. The summed E-state index contributed by atoms with van der Waals surface area (Å²) in [5, 5.41) is 10.1. The molecule has 0 saturated carbocycles. The number of carbonyl (C=O) groups is 3. The maximum absolute atomic E-state index is 14.9. The van der Waals surface area contributed by atoms with Gasteiger partial charge in [0.2, 0.25) is 5.91 Å². The van der Waals surface area contributed by atoms with Gasteiger partial charge in [-0.15, -0.1) is 5.10 Å². The number of ether oxygens (including phenoxy) is 1. The second-order valence-corrected chi connectivity index (χ2v) is 7.76. The minimum Gasteiger partial charge on any atom is -0.442 e. The van der Waals surface area contributed by atoms with E-state index in [0.29, 0.717) is 16.8 Å². The smallest absolute Gasteiger partial charge is 0.414 e. The lowest BCUT2D eigenvalue weighted by Gasteiger charge is -2.15. The van der Waals surface area contributed by atoms with Crippen LogP contribution in [0.3, 0.4) is 0 Å². The maximum Gasteiger partial charge on any atom is 0.414 e. The van der Waals surface area contributed by atoms with E-state index in [2.05, 4.69) is 15.6 Å². The lowest BCUT2D eigenvalue weighted by molar-refractivity contribution is -0.119. The van der Waals surface area contributed by atoms with Gasteiger partial charge in [-0.3, -0.25) is 14.5 Å². The molecule has 1 aromatic heterocycles. The number of amides is 3. The lowest BCUT2D eigenvalue weighted by atomic mass is 10.0. The SMILES string of the molecule is CC(=O)NCC1CN(c2ccc(-c3ccc(Cn4nnc(C(N)=O)c4N)cc3)c(F)c2)C(=O)O1. The third kappa shape index (κ3) is 4.65. The number of nitrogens with two attached hydrogens (primary N) is 2. The van der Waals surface area contributed by atoms with Gasteiger partial charge in [0, 0.05) is 12.5 Å². The fourth-order valence-electron chi connectivity index (χ4n) is 3.58. The number of benzene rings is 2. The molecule has 1 fully saturated rings. The molecule has 0 spiro atoms. The first-order valence-electron chi connectivity index (χ1n) is 10.3. The van der Waals surface area contributed by atoms with E-state index < -0.39 is 23.9 Å². The van der Waals surface area contributed by atoms with Gasteiger partial charge in [0.15, 0.2) is 11.5 Å². The monoisotopic (exact) mass is 467 g/mol. The minimum absolute atomic E-state index is 0.0676. The lowest BCUT2D eigenvalue weighted by Crippen LogP contribution is -2.33. The van der Waals surface area contributed by atoms with Crippen molar-refractivity contribution < 1.29 is 23.5 Å². The van der Waals surface area contributed by atoms with Crippen molar-refractivity contribution in [3.05, 3.63) is 59.5 Å². The first-order chi connectivity index (χ1) is 16.2. The highest BCUT2D eigenvalue weighted by Crippen LogP contribution is 2.29. The van der Waals surface area contributed by atoms with Crippen LogP contribution in [0.4, 0.5) is 20.7 Å². The van der Waals surface area contributed by atoms with Gasteiger partial charge in [0.1, 0.15) is 11.9 Å². The van der Waals surface area contributed by atoms with Gasteiger partial charge in [-0.05, 0) is 29.3 Å². The zero-order chi connectivity index (χ0) is 24.4. The van der Waals surface area contributed by atoms with Crippen molar-refractivity contribution in [1.29, 1.82) is 0 Å². The van der Waals surface area contributed by atoms with E-state index >= 15 is 0 Å². The van der Waals surface area contributed by atoms with Crippen molar-refractivity contribution in [2.45, 2.75) is 19.6 Å². The topological polar surface area (TPSA) is 158 Å². The minimum atomic E-state index is -0.761. The van der Waals surface area contributed by atoms with Crippen molar-refractivity contribution in [2.24, 2.45) is 5.73 Å². The van der Waals surface area contributed by atoms with Crippen LogP contribution in [0.15, 0.2) is 42.5 Å². The molecule has 3 amide bonds. The molecule has 4 rings (SSSR count). The second kappa shape index (κ2) is 9.17. The number of primary amides is 1. The number of rotatable bonds is 7. The summed E-state index contributed by atoms with van der Waals surface area (Å²) in [5.74, 6) is -1.42. The van der Waals surface area contributed by atoms with Crippen molar-refractivity contribution in [3.8, 4) is 11.1 Å². The first kappa shape index (κ1) is 22.7. The summed E-state index contributed by atoms with van der Waals surface area (Å²) in [6, 6.07) is 11.5. The number of halogens is 1. The van der Waals surface area contributed by atoms with Crippen molar-refractivity contribution >= 4 is 29.4 Å². The molecular weight excluding hydrogens is 445 g/mol. The molecule has 1 aliphatic rings. The molecule has 0 aliphatic carbocycles. The number of anilines is 2. The standard InChI is InChI=1S/C22H22FN7O4/c1-12(31)26-9-16-11-29(22(33)34-16)15-6-7-17(18(23)8-15)14-4-2-13(3-5-14)10-30-20(24)19(21(25)32)27-28-30/h2-8,16H,9-11,24H2,1H3,(H2,25,32)(H,26,31). The Bertz CT molecular complexity index is 1260. The van der Waals surface area contributed by atoms with Gasteiger partial charge >= 0.3 is 6.09 Å². The third-order valence-corrected chi connectivity index (χ3v) is 5.32. The van der Waals surface area contributed by atoms with E-state index in [-0.39, 0.29) is 37.1 Å². The Kier molecular flexibility index (Phi) is 6.13. The van der Waals surface area contributed by atoms with Crippen LogP contribution in [0, 0.1) is 5.82 Å². The fraction of sp³-hybridized carbons (Fsp3) is 0.227. The van der Waals surface area contributed by atoms with Gasteiger partial charge in [-0.1, -0.05) is 29.5 Å². The quantitative estimate of drug-likeness (QED) is 0.472. The van der Waals surface area contributed by atoms with Crippen LogP contribution in [0.1, 0.15) is 23.0 Å². The van der Waals surface area contributed by atoms with Crippen LogP contribution in [0.25, 0.3) is 11.1 Å². The first-order valence-corrected chi connectivity index (χ1v) is 10.3. The third-order valence-electron chi connectivity index (χ3n) is 5.32. The van der Waals surface area contributed by atoms with Crippen molar-refractivity contribution in [3.63, 3.8) is 0 Å². The van der Waals surface area contributed by atoms with Gasteiger partial charge in [0.25, 0.3) is 5.91 Å². The predicted molar refractivity (Wildman–Crippen MR) is 120 cm³/mol. The Labute approximate surface area is 193 Å². The number of carbonyl (C=O) groups excluding carboxylic acids is 3. The zero-order valence-corrected chi connectivity index (χ0v) is 18.2. The van der Waals surface area contributed by atoms with Gasteiger partial charge in [-0.2, -0.15) is 0 Å². The molecule has 5 N–H and O–H groups in total. The summed E-state index contributed by atoms with van der Waals surface area (Å²) in [4.78, 5) is 35.8. The summed E-state index contributed by atoms with van der Waals surface area (Å²) < 4.78 is 21.5. The van der Waals surface area contributed by atoms with Crippen LogP contribution in [0.5, 0.6) is 0 Å². The molecule has 11 nitrogen and oxygen atoms in total. The molecule has 12 heteroatoms. The predicted octanol–water partition coefficient (Wildman–Crippen LogP) is 1.27. The zero-order valence-electron chi connectivity index (χ0n) is 18.2. The maximum atomic E-state index is 14.9. The number of aromatic nitrogens is 3. The van der Waals surface area contributed by atoms with Crippen LogP contribution in [-0.2, 0) is 16.1 Å². The molecule has 34 heavy (non-hydrogen) atoms. The molecule has 176 valence electrons. The normalized spacial score (nSPS) is 15.3. The van der Waals surface area contributed by atoms with E-state index in [4.69, 9.17) is 16.2 Å². The largest absolute Gasteiger partial charge is 0.442 e. The number of nitrogen functional groups attached to an aromatic ring is 1. The second-order valence-electron chi connectivity index (χ2n) is 7.76. The average molecular weight is 467 g/mol. The molecule has 0 bridgehead atoms. The summed E-state index contributed by atoms with van der Waals surface area (Å²) in [5.41, 5.74) is 13.1. The van der Waals surface area contributed by atoms with E-state index in [9.17, 15) is 18.8 Å². The molecule has 3 aromatic rings. The Hall–Kier alpha value is -4.48. The molecule has 1 unspecified atom stereocenters. The molecule has 0 radical (unpaired) electrons. The fourth-order valence-corrected chi connectivity index (χ4v) is 3.58. The van der Waals surface area contributed by atoms with E-state index in [1.807, 2.05) is 0 Å².